The van der Waals surface area contributed by atoms with Gasteiger partial charge in [-0.3, -0.25) is 0 Å². The van der Waals surface area contributed by atoms with E-state index in [-0.39, 0.29) is 12.2 Å². The lowest BCUT2D eigenvalue weighted by atomic mass is 9.80. The predicted octanol–water partition coefficient (Wildman–Crippen LogP) is 4.74. The zero-order valence-electron chi connectivity index (χ0n) is 12.3. The molecular weight excluding hydrogens is 293 g/mol. The highest BCUT2D eigenvalue weighted by atomic mass is 19.4. The molecular formula is C16H17F3N2O. The van der Waals surface area contributed by atoms with Gasteiger partial charge in [-0.15, -0.1) is 13.2 Å². The summed E-state index contributed by atoms with van der Waals surface area (Å²) in [6.07, 6.45) is -1.40. The Morgan fingerprint density at radius 3 is 2.09 bits per heavy atom. The molecule has 0 aliphatic carbocycles. The zero-order chi connectivity index (χ0) is 16.6. The van der Waals surface area contributed by atoms with E-state index in [1.807, 2.05) is 6.92 Å². The Morgan fingerprint density at radius 1 is 1.05 bits per heavy atom. The predicted molar refractivity (Wildman–Crippen MR) is 74.6 cm³/mol. The van der Waals surface area contributed by atoms with Crippen molar-refractivity contribution in [3.8, 4) is 17.9 Å². The van der Waals surface area contributed by atoms with Crippen molar-refractivity contribution in [1.29, 1.82) is 10.5 Å². The van der Waals surface area contributed by atoms with E-state index in [0.29, 0.717) is 12.0 Å². The molecule has 0 saturated carbocycles. The second-order valence-electron chi connectivity index (χ2n) is 5.13. The Hall–Kier alpha value is -2.21. The largest absolute Gasteiger partial charge is 0.573 e. The van der Waals surface area contributed by atoms with Gasteiger partial charge < -0.3 is 4.74 Å². The highest BCUT2D eigenvalue weighted by molar-refractivity contribution is 5.30. The van der Waals surface area contributed by atoms with Crippen LogP contribution in [0.4, 0.5) is 13.2 Å². The van der Waals surface area contributed by atoms with Gasteiger partial charge in [0, 0.05) is 6.42 Å². The number of unbranched alkanes of at least 4 members (excludes halogenated alkanes) is 2. The number of halogens is 3. The minimum atomic E-state index is -4.73. The molecule has 0 aromatic heterocycles. The summed E-state index contributed by atoms with van der Waals surface area (Å²) in [5, 5.41) is 18.6. The molecule has 0 spiro atoms. The summed E-state index contributed by atoms with van der Waals surface area (Å²) in [5.41, 5.74) is -0.504. The third-order valence-electron chi connectivity index (χ3n) is 3.30. The van der Waals surface area contributed by atoms with Gasteiger partial charge in [0.05, 0.1) is 12.1 Å². The minimum Gasteiger partial charge on any atom is -0.406 e. The molecule has 0 N–H and O–H groups in total. The molecule has 1 aromatic rings. The monoisotopic (exact) mass is 310 g/mol. The first kappa shape index (κ1) is 17.8. The number of hydrogen-bond acceptors (Lipinski definition) is 3. The van der Waals surface area contributed by atoms with Gasteiger partial charge in [-0.1, -0.05) is 38.3 Å². The van der Waals surface area contributed by atoms with Crippen molar-refractivity contribution in [3.63, 3.8) is 0 Å². The molecule has 0 aliphatic heterocycles. The molecule has 0 aliphatic rings. The molecule has 0 saturated heterocycles. The summed E-state index contributed by atoms with van der Waals surface area (Å²) in [7, 11) is 0. The molecule has 0 heterocycles. The van der Waals surface area contributed by atoms with E-state index in [1.165, 1.54) is 24.3 Å². The standard InChI is InChI=1S/C16H17F3N2O/c1-2-3-4-9-15(11-20,12-21)10-13-5-7-14(8-6-13)22-16(17,18)19/h5-8H,2-4,9-10H2,1H3. The van der Waals surface area contributed by atoms with Gasteiger partial charge in [0.25, 0.3) is 0 Å². The Balaban J connectivity index is 2.78. The maximum Gasteiger partial charge on any atom is 0.573 e. The highest BCUT2D eigenvalue weighted by Crippen LogP contribution is 2.30. The van der Waals surface area contributed by atoms with Crippen molar-refractivity contribution in [2.75, 3.05) is 0 Å². The van der Waals surface area contributed by atoms with Crippen LogP contribution in [-0.4, -0.2) is 6.36 Å². The molecule has 22 heavy (non-hydrogen) atoms. The van der Waals surface area contributed by atoms with Crippen LogP contribution >= 0.6 is 0 Å². The van der Waals surface area contributed by atoms with Crippen molar-refractivity contribution in [1.82, 2.24) is 0 Å². The van der Waals surface area contributed by atoms with Gasteiger partial charge in [0.1, 0.15) is 11.2 Å². The first-order chi connectivity index (χ1) is 10.3. The lowest BCUT2D eigenvalue weighted by Gasteiger charge is -2.18. The zero-order valence-corrected chi connectivity index (χ0v) is 12.3. The number of benzene rings is 1. The minimum absolute atomic E-state index is 0.190. The summed E-state index contributed by atoms with van der Waals surface area (Å²) < 4.78 is 40.0. The molecule has 6 heteroatoms. The van der Waals surface area contributed by atoms with Gasteiger partial charge in [0.15, 0.2) is 0 Å². The van der Waals surface area contributed by atoms with Crippen LogP contribution in [0.15, 0.2) is 24.3 Å². The Bertz CT molecular complexity index is 539. The molecule has 118 valence electrons. The maximum atomic E-state index is 12.1. The molecule has 1 aromatic carbocycles. The van der Waals surface area contributed by atoms with Gasteiger partial charge in [-0.2, -0.15) is 10.5 Å². The van der Waals surface area contributed by atoms with Crippen LogP contribution in [-0.2, 0) is 6.42 Å². The molecule has 1 rings (SSSR count). The summed E-state index contributed by atoms with van der Waals surface area (Å²) in [4.78, 5) is 0. The maximum absolute atomic E-state index is 12.1. The third-order valence-corrected chi connectivity index (χ3v) is 3.30. The summed E-state index contributed by atoms with van der Waals surface area (Å²) in [6.45, 7) is 2.03. The van der Waals surface area contributed by atoms with E-state index in [9.17, 15) is 23.7 Å². The molecule has 0 atom stereocenters. The third kappa shape index (κ3) is 5.65. The fourth-order valence-electron chi connectivity index (χ4n) is 2.14. The quantitative estimate of drug-likeness (QED) is 0.683. The van der Waals surface area contributed by atoms with E-state index in [4.69, 9.17) is 0 Å². The average molecular weight is 310 g/mol. The van der Waals surface area contributed by atoms with Crippen molar-refractivity contribution in [2.24, 2.45) is 5.41 Å². The van der Waals surface area contributed by atoms with Gasteiger partial charge in [-0.05, 0) is 24.1 Å². The van der Waals surface area contributed by atoms with E-state index in [2.05, 4.69) is 16.9 Å². The van der Waals surface area contributed by atoms with E-state index in [0.717, 1.165) is 19.3 Å². The molecule has 0 fully saturated rings. The van der Waals surface area contributed by atoms with Crippen LogP contribution in [0.5, 0.6) is 5.75 Å². The lowest BCUT2D eigenvalue weighted by molar-refractivity contribution is -0.274. The van der Waals surface area contributed by atoms with Crippen LogP contribution in [0.2, 0.25) is 0 Å². The first-order valence-corrected chi connectivity index (χ1v) is 7.01. The Kier molecular flexibility index (Phi) is 6.24. The van der Waals surface area contributed by atoms with Crippen LogP contribution in [0.1, 0.15) is 38.2 Å². The number of nitriles is 2. The molecule has 0 bridgehead atoms. The number of alkyl halides is 3. The smallest absolute Gasteiger partial charge is 0.406 e. The first-order valence-electron chi connectivity index (χ1n) is 7.01. The highest BCUT2D eigenvalue weighted by Gasteiger charge is 2.32. The van der Waals surface area contributed by atoms with Gasteiger partial charge >= 0.3 is 6.36 Å². The van der Waals surface area contributed by atoms with Crippen molar-refractivity contribution < 1.29 is 17.9 Å². The fraction of sp³-hybridized carbons (Fsp3) is 0.500. The van der Waals surface area contributed by atoms with Crippen LogP contribution in [0.3, 0.4) is 0 Å². The Morgan fingerprint density at radius 2 is 1.64 bits per heavy atom. The van der Waals surface area contributed by atoms with Crippen LogP contribution < -0.4 is 4.74 Å². The van der Waals surface area contributed by atoms with Crippen LogP contribution in [0, 0.1) is 28.1 Å². The molecule has 0 radical (unpaired) electrons. The molecule has 3 nitrogen and oxygen atoms in total. The van der Waals surface area contributed by atoms with Crippen LogP contribution in [0.25, 0.3) is 0 Å². The SMILES string of the molecule is CCCCCC(C#N)(C#N)Cc1ccc(OC(F)(F)F)cc1. The second kappa shape index (κ2) is 7.70. The number of ether oxygens (including phenoxy) is 1. The van der Waals surface area contributed by atoms with Crippen molar-refractivity contribution in [2.45, 2.75) is 45.4 Å². The van der Waals surface area contributed by atoms with Gasteiger partial charge in [0.2, 0.25) is 0 Å². The second-order valence-corrected chi connectivity index (χ2v) is 5.13. The van der Waals surface area contributed by atoms with E-state index < -0.39 is 11.8 Å². The summed E-state index contributed by atoms with van der Waals surface area (Å²) in [6, 6.07) is 9.38. The summed E-state index contributed by atoms with van der Waals surface area (Å²) in [5.74, 6) is -0.318. The molecule has 0 unspecified atom stereocenters. The Labute approximate surface area is 127 Å². The van der Waals surface area contributed by atoms with Gasteiger partial charge in [-0.25, -0.2) is 0 Å². The van der Waals surface area contributed by atoms with Crippen molar-refractivity contribution >= 4 is 0 Å². The number of hydrogen-bond donors (Lipinski definition) is 0. The topological polar surface area (TPSA) is 56.8 Å². The lowest BCUT2D eigenvalue weighted by Crippen LogP contribution is -2.20. The fourth-order valence-corrected chi connectivity index (χ4v) is 2.14. The number of nitrogens with zero attached hydrogens (tertiary/aromatic N) is 2. The average Bonchev–Trinajstić information content (AvgIpc) is 2.47. The number of rotatable bonds is 7. The normalized spacial score (nSPS) is 11.5. The van der Waals surface area contributed by atoms with E-state index in [1.54, 1.807) is 0 Å². The summed E-state index contributed by atoms with van der Waals surface area (Å²) >= 11 is 0. The molecule has 0 amide bonds. The van der Waals surface area contributed by atoms with E-state index >= 15 is 0 Å². The van der Waals surface area contributed by atoms with Crippen molar-refractivity contribution in [3.05, 3.63) is 29.8 Å².